The number of methoxy groups -OCH3 is 1. The molecule has 132 valence electrons. The smallest absolute Gasteiger partial charge is 0.191 e. The Bertz CT molecular complexity index is 678. The van der Waals surface area contributed by atoms with Crippen molar-refractivity contribution in [3.63, 3.8) is 0 Å². The van der Waals surface area contributed by atoms with Crippen LogP contribution in [0.2, 0.25) is 0 Å². The maximum atomic E-state index is 5.24. The molecule has 0 fully saturated rings. The minimum Gasteiger partial charge on any atom is -0.496 e. The van der Waals surface area contributed by atoms with Crippen LogP contribution in [0, 0.1) is 0 Å². The first kappa shape index (κ1) is 21.2. The minimum atomic E-state index is 0. The fourth-order valence-electron chi connectivity index (χ4n) is 1.98. The van der Waals surface area contributed by atoms with Crippen molar-refractivity contribution in [2.45, 2.75) is 26.4 Å². The SMILES string of the molecule is CCc1cnc(CNC(=NC)NCc2ccc(OC)c(Br)c2)s1.I. The number of halogens is 2. The summed E-state index contributed by atoms with van der Waals surface area (Å²) < 4.78 is 6.18. The maximum Gasteiger partial charge on any atom is 0.191 e. The van der Waals surface area contributed by atoms with Gasteiger partial charge in [0.2, 0.25) is 0 Å². The molecule has 2 N–H and O–H groups in total. The number of aliphatic imine (C=N–C) groups is 1. The second-order valence-corrected chi connectivity index (χ2v) is 6.88. The van der Waals surface area contributed by atoms with Gasteiger partial charge in [0.05, 0.1) is 18.1 Å². The summed E-state index contributed by atoms with van der Waals surface area (Å²) in [7, 11) is 3.42. The molecule has 0 saturated heterocycles. The highest BCUT2D eigenvalue weighted by Crippen LogP contribution is 2.25. The molecule has 0 saturated carbocycles. The highest BCUT2D eigenvalue weighted by Gasteiger charge is 2.04. The number of aryl methyl sites for hydroxylation is 1. The lowest BCUT2D eigenvalue weighted by atomic mass is 10.2. The van der Waals surface area contributed by atoms with Crippen LogP contribution >= 0.6 is 51.2 Å². The summed E-state index contributed by atoms with van der Waals surface area (Å²) in [6.45, 7) is 3.50. The number of guanidine groups is 1. The van der Waals surface area contributed by atoms with Crippen LogP contribution in [0.5, 0.6) is 5.75 Å². The summed E-state index contributed by atoms with van der Waals surface area (Å²) in [6.07, 6.45) is 2.96. The molecule has 8 heteroatoms. The number of ether oxygens (including phenoxy) is 1. The molecule has 0 unspecified atom stereocenters. The highest BCUT2D eigenvalue weighted by atomic mass is 127. The normalized spacial score (nSPS) is 10.9. The van der Waals surface area contributed by atoms with Crippen molar-refractivity contribution in [2.24, 2.45) is 4.99 Å². The fourth-order valence-corrected chi connectivity index (χ4v) is 3.37. The van der Waals surface area contributed by atoms with Gasteiger partial charge in [-0.15, -0.1) is 35.3 Å². The van der Waals surface area contributed by atoms with Crippen LogP contribution in [0.15, 0.2) is 33.9 Å². The summed E-state index contributed by atoms with van der Waals surface area (Å²) in [6, 6.07) is 6.00. The number of hydrogen-bond acceptors (Lipinski definition) is 4. The summed E-state index contributed by atoms with van der Waals surface area (Å²) in [5, 5.41) is 7.64. The van der Waals surface area contributed by atoms with Crippen LogP contribution in [-0.2, 0) is 19.5 Å². The molecule has 24 heavy (non-hydrogen) atoms. The summed E-state index contributed by atoms with van der Waals surface area (Å²) in [4.78, 5) is 9.93. The van der Waals surface area contributed by atoms with E-state index in [2.05, 4.69) is 43.5 Å². The van der Waals surface area contributed by atoms with Gasteiger partial charge in [0.25, 0.3) is 0 Å². The number of thiazole rings is 1. The molecule has 0 aliphatic carbocycles. The zero-order valence-electron chi connectivity index (χ0n) is 13.9. The van der Waals surface area contributed by atoms with Crippen molar-refractivity contribution in [1.29, 1.82) is 0 Å². The van der Waals surface area contributed by atoms with Gasteiger partial charge in [0, 0.05) is 24.7 Å². The Morgan fingerprint density at radius 1 is 1.33 bits per heavy atom. The second kappa shape index (κ2) is 10.9. The lowest BCUT2D eigenvalue weighted by Gasteiger charge is -2.12. The van der Waals surface area contributed by atoms with Crippen molar-refractivity contribution in [1.82, 2.24) is 15.6 Å². The summed E-state index contributed by atoms with van der Waals surface area (Å²) in [5.41, 5.74) is 1.14. The van der Waals surface area contributed by atoms with Crippen LogP contribution < -0.4 is 15.4 Å². The third-order valence-corrected chi connectivity index (χ3v) is 5.02. The molecule has 0 aliphatic heterocycles. The van der Waals surface area contributed by atoms with Gasteiger partial charge in [0.1, 0.15) is 10.8 Å². The van der Waals surface area contributed by atoms with Gasteiger partial charge in [-0.25, -0.2) is 4.98 Å². The largest absolute Gasteiger partial charge is 0.496 e. The molecule has 0 spiro atoms. The van der Waals surface area contributed by atoms with Crippen molar-refractivity contribution < 1.29 is 4.74 Å². The first-order valence-corrected chi connectivity index (χ1v) is 8.97. The predicted octanol–water partition coefficient (Wildman–Crippen LogP) is 3.96. The molecule has 1 heterocycles. The standard InChI is InChI=1S/C16H21BrN4OS.HI/c1-4-12-9-19-15(23-12)10-21-16(18-2)20-8-11-5-6-14(22-3)13(17)7-11;/h5-7,9H,4,8,10H2,1-3H3,(H2,18,20,21);1H. The van der Waals surface area contributed by atoms with Gasteiger partial charge in [0.15, 0.2) is 5.96 Å². The molecule has 1 aromatic carbocycles. The van der Waals surface area contributed by atoms with Gasteiger partial charge < -0.3 is 15.4 Å². The topological polar surface area (TPSA) is 58.5 Å². The molecule has 2 aromatic rings. The number of aromatic nitrogens is 1. The van der Waals surface area contributed by atoms with Gasteiger partial charge in [-0.05, 0) is 40.0 Å². The Labute approximate surface area is 172 Å². The fraction of sp³-hybridized carbons (Fsp3) is 0.375. The van der Waals surface area contributed by atoms with E-state index in [1.165, 1.54) is 4.88 Å². The molecule has 0 bridgehead atoms. The second-order valence-electron chi connectivity index (χ2n) is 4.82. The van der Waals surface area contributed by atoms with E-state index in [4.69, 9.17) is 4.74 Å². The lowest BCUT2D eigenvalue weighted by Crippen LogP contribution is -2.36. The molecule has 5 nitrogen and oxygen atoms in total. The van der Waals surface area contributed by atoms with Gasteiger partial charge in [-0.2, -0.15) is 0 Å². The van der Waals surface area contributed by atoms with Crippen molar-refractivity contribution in [3.05, 3.63) is 44.3 Å². The lowest BCUT2D eigenvalue weighted by molar-refractivity contribution is 0.412. The van der Waals surface area contributed by atoms with E-state index in [0.717, 1.165) is 33.2 Å². The molecular formula is C16H22BrIN4OS. The first-order valence-electron chi connectivity index (χ1n) is 7.36. The highest BCUT2D eigenvalue weighted by molar-refractivity contribution is 14.0. The monoisotopic (exact) mass is 524 g/mol. The van der Waals surface area contributed by atoms with Gasteiger partial charge in [-0.1, -0.05) is 13.0 Å². The molecule has 0 amide bonds. The first-order chi connectivity index (χ1) is 11.2. The molecular weight excluding hydrogens is 503 g/mol. The van der Waals surface area contributed by atoms with Crippen molar-refractivity contribution in [2.75, 3.05) is 14.2 Å². The Hall–Kier alpha value is -0.870. The summed E-state index contributed by atoms with van der Waals surface area (Å²) in [5.74, 6) is 1.58. The van der Waals surface area contributed by atoms with Crippen LogP contribution in [0.25, 0.3) is 0 Å². The Morgan fingerprint density at radius 3 is 2.67 bits per heavy atom. The average molecular weight is 525 g/mol. The van der Waals surface area contributed by atoms with E-state index >= 15 is 0 Å². The maximum absolute atomic E-state index is 5.24. The molecule has 0 aliphatic rings. The Balaban J connectivity index is 0.00000288. The van der Waals surface area contributed by atoms with Crippen LogP contribution in [0.1, 0.15) is 22.4 Å². The van der Waals surface area contributed by atoms with E-state index in [-0.39, 0.29) is 24.0 Å². The number of hydrogen-bond donors (Lipinski definition) is 2. The molecule has 1 aromatic heterocycles. The Kier molecular flexibility index (Phi) is 9.60. The van der Waals surface area contributed by atoms with E-state index in [0.29, 0.717) is 13.1 Å². The molecule has 0 atom stereocenters. The Morgan fingerprint density at radius 2 is 2.08 bits per heavy atom. The van der Waals surface area contributed by atoms with Crippen molar-refractivity contribution >= 4 is 57.2 Å². The number of nitrogens with one attached hydrogen (secondary N) is 2. The van der Waals surface area contributed by atoms with Crippen LogP contribution in [-0.4, -0.2) is 25.1 Å². The van der Waals surface area contributed by atoms with Gasteiger partial charge >= 0.3 is 0 Å². The zero-order valence-corrected chi connectivity index (χ0v) is 18.7. The minimum absolute atomic E-state index is 0. The van der Waals surface area contributed by atoms with E-state index in [1.54, 1.807) is 25.5 Å². The zero-order chi connectivity index (χ0) is 16.7. The quantitative estimate of drug-likeness (QED) is 0.341. The van der Waals surface area contributed by atoms with Crippen LogP contribution in [0.4, 0.5) is 0 Å². The average Bonchev–Trinajstić information content (AvgIpc) is 3.03. The van der Waals surface area contributed by atoms with E-state index < -0.39 is 0 Å². The van der Waals surface area contributed by atoms with Crippen molar-refractivity contribution in [3.8, 4) is 5.75 Å². The number of benzene rings is 1. The summed E-state index contributed by atoms with van der Waals surface area (Å²) >= 11 is 5.23. The molecule has 0 radical (unpaired) electrons. The molecule has 2 rings (SSSR count). The number of nitrogens with zero attached hydrogens (tertiary/aromatic N) is 2. The third kappa shape index (κ3) is 6.21. The van der Waals surface area contributed by atoms with E-state index in [1.807, 2.05) is 24.4 Å². The van der Waals surface area contributed by atoms with Gasteiger partial charge in [-0.3, -0.25) is 4.99 Å². The predicted molar refractivity (Wildman–Crippen MR) is 115 cm³/mol. The number of rotatable bonds is 6. The van der Waals surface area contributed by atoms with Crippen LogP contribution in [0.3, 0.4) is 0 Å². The third-order valence-electron chi connectivity index (χ3n) is 3.26. The van der Waals surface area contributed by atoms with E-state index in [9.17, 15) is 0 Å².